The van der Waals surface area contributed by atoms with Crippen LogP contribution in [0.1, 0.15) is 45.3 Å². The normalized spacial score (nSPS) is 13.6. The number of aliphatic hydroxyl groups is 1. The predicted octanol–water partition coefficient (Wildman–Crippen LogP) is 2.53. The zero-order valence-corrected chi connectivity index (χ0v) is 11.1. The van der Waals surface area contributed by atoms with Gasteiger partial charge in [0, 0.05) is 18.8 Å². The Labute approximate surface area is 104 Å². The minimum absolute atomic E-state index is 0.0376. The topological polar surface area (TPSA) is 45.1 Å². The summed E-state index contributed by atoms with van der Waals surface area (Å²) in [6.45, 7) is 7.52. The van der Waals surface area contributed by atoms with Gasteiger partial charge in [-0.3, -0.25) is 4.98 Å². The van der Waals surface area contributed by atoms with Crippen LogP contribution in [-0.4, -0.2) is 23.2 Å². The first-order chi connectivity index (χ1) is 8.05. The Morgan fingerprint density at radius 1 is 1.41 bits per heavy atom. The molecule has 0 aliphatic rings. The Morgan fingerprint density at radius 2 is 2.18 bits per heavy atom. The van der Waals surface area contributed by atoms with Crippen LogP contribution in [0.25, 0.3) is 0 Å². The van der Waals surface area contributed by atoms with E-state index in [-0.39, 0.29) is 18.1 Å². The number of hydrogen-bond donors (Lipinski definition) is 2. The minimum Gasteiger partial charge on any atom is -0.396 e. The zero-order chi connectivity index (χ0) is 12.7. The molecule has 1 aromatic heterocycles. The third kappa shape index (κ3) is 5.29. The summed E-state index contributed by atoms with van der Waals surface area (Å²) < 4.78 is 0. The second kappa shape index (κ2) is 6.72. The zero-order valence-electron chi connectivity index (χ0n) is 11.1. The fourth-order valence-corrected chi connectivity index (χ4v) is 1.70. The summed E-state index contributed by atoms with van der Waals surface area (Å²) in [6, 6.07) is 6.26. The quantitative estimate of drug-likeness (QED) is 0.715. The number of nitrogens with one attached hydrogen (secondary N) is 1. The fourth-order valence-electron chi connectivity index (χ4n) is 1.70. The monoisotopic (exact) mass is 236 g/mol. The second-order valence-electron chi connectivity index (χ2n) is 5.36. The Bertz CT molecular complexity index is 311. The molecule has 0 radical (unpaired) electrons. The lowest BCUT2D eigenvalue weighted by molar-refractivity contribution is 0.147. The number of aliphatic hydroxyl groups excluding tert-OH is 1. The molecule has 1 aromatic rings. The molecule has 0 saturated heterocycles. The maximum Gasteiger partial charge on any atom is 0.0570 e. The van der Waals surface area contributed by atoms with E-state index >= 15 is 0 Å². The molecule has 96 valence electrons. The molecule has 3 nitrogen and oxygen atoms in total. The molecule has 17 heavy (non-hydrogen) atoms. The Morgan fingerprint density at radius 3 is 2.76 bits per heavy atom. The van der Waals surface area contributed by atoms with E-state index in [2.05, 4.69) is 31.1 Å². The van der Waals surface area contributed by atoms with Crippen LogP contribution in [0.4, 0.5) is 0 Å². The van der Waals surface area contributed by atoms with Crippen molar-refractivity contribution >= 4 is 0 Å². The van der Waals surface area contributed by atoms with E-state index in [0.717, 1.165) is 25.1 Å². The summed E-state index contributed by atoms with van der Waals surface area (Å²) in [4.78, 5) is 4.32. The standard InChI is InChI=1S/C14H24N2O/c1-12(13-7-4-5-9-16-13)15-10-6-8-14(2,3)11-17/h4-5,7,9,12,15,17H,6,8,10-11H2,1-3H3. The van der Waals surface area contributed by atoms with Gasteiger partial charge in [0.1, 0.15) is 0 Å². The van der Waals surface area contributed by atoms with E-state index in [9.17, 15) is 0 Å². The van der Waals surface area contributed by atoms with Crippen LogP contribution in [0, 0.1) is 5.41 Å². The van der Waals surface area contributed by atoms with Crippen molar-refractivity contribution in [3.8, 4) is 0 Å². The van der Waals surface area contributed by atoms with E-state index in [0.29, 0.717) is 0 Å². The molecular formula is C14H24N2O. The van der Waals surface area contributed by atoms with Crippen molar-refractivity contribution in [2.24, 2.45) is 5.41 Å². The van der Waals surface area contributed by atoms with Crippen molar-refractivity contribution in [1.29, 1.82) is 0 Å². The van der Waals surface area contributed by atoms with E-state index < -0.39 is 0 Å². The van der Waals surface area contributed by atoms with Crippen LogP contribution in [0.2, 0.25) is 0 Å². The number of rotatable bonds is 7. The first-order valence-electron chi connectivity index (χ1n) is 6.30. The van der Waals surface area contributed by atoms with Crippen LogP contribution in [0.5, 0.6) is 0 Å². The first kappa shape index (κ1) is 14.1. The van der Waals surface area contributed by atoms with Gasteiger partial charge < -0.3 is 10.4 Å². The highest BCUT2D eigenvalue weighted by atomic mass is 16.3. The molecule has 2 N–H and O–H groups in total. The molecule has 1 rings (SSSR count). The number of aromatic nitrogens is 1. The number of pyridine rings is 1. The summed E-state index contributed by atoms with van der Waals surface area (Å²) in [5.74, 6) is 0. The van der Waals surface area contributed by atoms with Gasteiger partial charge in [0.25, 0.3) is 0 Å². The molecule has 0 fully saturated rings. The first-order valence-corrected chi connectivity index (χ1v) is 6.30. The Kier molecular flexibility index (Phi) is 5.59. The summed E-state index contributed by atoms with van der Waals surface area (Å²) in [6.07, 6.45) is 3.93. The average Bonchev–Trinajstić information content (AvgIpc) is 2.35. The Hall–Kier alpha value is -0.930. The molecule has 0 aliphatic heterocycles. The van der Waals surface area contributed by atoms with Crippen molar-refractivity contribution < 1.29 is 5.11 Å². The van der Waals surface area contributed by atoms with Crippen molar-refractivity contribution in [2.45, 2.75) is 39.7 Å². The van der Waals surface area contributed by atoms with Gasteiger partial charge >= 0.3 is 0 Å². The van der Waals surface area contributed by atoms with Crippen LogP contribution >= 0.6 is 0 Å². The smallest absolute Gasteiger partial charge is 0.0570 e. The van der Waals surface area contributed by atoms with Crippen LogP contribution in [0.3, 0.4) is 0 Å². The van der Waals surface area contributed by atoms with E-state index in [1.165, 1.54) is 0 Å². The highest BCUT2D eigenvalue weighted by Crippen LogP contribution is 2.20. The van der Waals surface area contributed by atoms with Gasteiger partial charge in [-0.2, -0.15) is 0 Å². The molecule has 1 heterocycles. The highest BCUT2D eigenvalue weighted by molar-refractivity contribution is 5.07. The van der Waals surface area contributed by atoms with Gasteiger partial charge in [-0.1, -0.05) is 19.9 Å². The van der Waals surface area contributed by atoms with E-state index in [4.69, 9.17) is 5.11 Å². The van der Waals surface area contributed by atoms with Gasteiger partial charge in [-0.05, 0) is 43.9 Å². The molecule has 0 bridgehead atoms. The lowest BCUT2D eigenvalue weighted by Gasteiger charge is -2.22. The molecule has 0 saturated carbocycles. The van der Waals surface area contributed by atoms with Crippen LogP contribution < -0.4 is 5.32 Å². The van der Waals surface area contributed by atoms with Gasteiger partial charge in [0.05, 0.1) is 5.69 Å². The average molecular weight is 236 g/mol. The lowest BCUT2D eigenvalue weighted by atomic mass is 9.89. The third-order valence-corrected chi connectivity index (χ3v) is 3.04. The van der Waals surface area contributed by atoms with Crippen molar-refractivity contribution in [3.05, 3.63) is 30.1 Å². The molecule has 0 aromatic carbocycles. The van der Waals surface area contributed by atoms with Crippen LogP contribution in [-0.2, 0) is 0 Å². The largest absolute Gasteiger partial charge is 0.396 e. The predicted molar refractivity (Wildman–Crippen MR) is 70.8 cm³/mol. The van der Waals surface area contributed by atoms with E-state index in [1.54, 1.807) is 0 Å². The minimum atomic E-state index is 0.0376. The van der Waals surface area contributed by atoms with Crippen molar-refractivity contribution in [2.75, 3.05) is 13.2 Å². The maximum absolute atomic E-state index is 9.15. The number of hydrogen-bond acceptors (Lipinski definition) is 3. The lowest BCUT2D eigenvalue weighted by Crippen LogP contribution is -2.23. The molecule has 1 unspecified atom stereocenters. The van der Waals surface area contributed by atoms with Gasteiger partial charge in [0.2, 0.25) is 0 Å². The summed E-state index contributed by atoms with van der Waals surface area (Å²) in [7, 11) is 0. The van der Waals surface area contributed by atoms with E-state index in [1.807, 2.05) is 24.4 Å². The summed E-state index contributed by atoms with van der Waals surface area (Å²) >= 11 is 0. The molecule has 3 heteroatoms. The maximum atomic E-state index is 9.15. The number of nitrogens with zero attached hydrogens (tertiary/aromatic N) is 1. The SMILES string of the molecule is CC(NCCCC(C)(C)CO)c1ccccn1. The summed E-state index contributed by atoms with van der Waals surface area (Å²) in [5.41, 5.74) is 1.12. The second-order valence-corrected chi connectivity index (χ2v) is 5.36. The Balaban J connectivity index is 2.24. The van der Waals surface area contributed by atoms with Crippen molar-refractivity contribution in [1.82, 2.24) is 10.3 Å². The van der Waals surface area contributed by atoms with Gasteiger partial charge in [-0.25, -0.2) is 0 Å². The van der Waals surface area contributed by atoms with Gasteiger partial charge in [0.15, 0.2) is 0 Å². The molecule has 0 amide bonds. The molecule has 1 atom stereocenters. The summed E-state index contributed by atoms with van der Waals surface area (Å²) in [5, 5.41) is 12.6. The highest BCUT2D eigenvalue weighted by Gasteiger charge is 2.15. The molecular weight excluding hydrogens is 212 g/mol. The van der Waals surface area contributed by atoms with Crippen LogP contribution in [0.15, 0.2) is 24.4 Å². The molecule has 0 aliphatic carbocycles. The fraction of sp³-hybridized carbons (Fsp3) is 0.643. The third-order valence-electron chi connectivity index (χ3n) is 3.04. The van der Waals surface area contributed by atoms with Gasteiger partial charge in [-0.15, -0.1) is 0 Å². The van der Waals surface area contributed by atoms with Crippen molar-refractivity contribution in [3.63, 3.8) is 0 Å². The molecule has 0 spiro atoms.